The van der Waals surface area contributed by atoms with Gasteiger partial charge < -0.3 is 10.7 Å². The van der Waals surface area contributed by atoms with Crippen molar-refractivity contribution in [2.75, 3.05) is 6.54 Å². The first-order chi connectivity index (χ1) is 3.69. The maximum Gasteiger partial charge on any atom is 0.0451 e. The van der Waals surface area contributed by atoms with Crippen molar-refractivity contribution in [3.63, 3.8) is 0 Å². The van der Waals surface area contributed by atoms with Crippen LogP contribution < -0.4 is 5.73 Å². The fourth-order valence-electron chi connectivity index (χ4n) is 0.881. The van der Waals surface area contributed by atoms with E-state index >= 15 is 0 Å². The molecule has 0 bridgehead atoms. The number of rotatable bonds is 2. The molecule has 0 aromatic rings. The highest BCUT2D eigenvalue weighted by molar-refractivity contribution is 5.24. The summed E-state index contributed by atoms with van der Waals surface area (Å²) in [5, 5.41) is 0. The first-order valence-electron chi connectivity index (χ1n) is 2.87. The Morgan fingerprint density at radius 3 is 2.62 bits per heavy atom. The second-order valence-electron chi connectivity index (χ2n) is 2.85. The van der Waals surface area contributed by atoms with E-state index in [1.807, 2.05) is 0 Å². The van der Waals surface area contributed by atoms with Gasteiger partial charge in [-0.1, -0.05) is 6.92 Å². The van der Waals surface area contributed by atoms with Crippen LogP contribution in [0.4, 0.5) is 0 Å². The minimum Gasteiger partial charge on any atom is -0.327 e. The van der Waals surface area contributed by atoms with Crippen molar-refractivity contribution in [1.82, 2.24) is 0 Å². The van der Waals surface area contributed by atoms with Gasteiger partial charge in [-0.15, -0.1) is 0 Å². The van der Waals surface area contributed by atoms with E-state index < -0.39 is 0 Å². The fraction of sp³-hybridized carbons (Fsp3) is 0.833. The molecule has 0 heterocycles. The summed E-state index contributed by atoms with van der Waals surface area (Å²) in [6, 6.07) is 0.382. The van der Waals surface area contributed by atoms with Gasteiger partial charge in [0.15, 0.2) is 0 Å². The third-order valence-corrected chi connectivity index (χ3v) is 1.89. The molecule has 1 saturated carbocycles. The van der Waals surface area contributed by atoms with Crippen LogP contribution in [0.15, 0.2) is 4.99 Å². The molecule has 2 atom stereocenters. The van der Waals surface area contributed by atoms with Crippen molar-refractivity contribution in [3.8, 4) is 0 Å². The van der Waals surface area contributed by atoms with E-state index in [1.165, 1.54) is 0 Å². The summed E-state index contributed by atoms with van der Waals surface area (Å²) < 4.78 is 0. The lowest BCUT2D eigenvalue weighted by Crippen LogP contribution is -2.12. The average Bonchev–Trinajstić information content (AvgIpc) is 2.16. The molecule has 1 aliphatic rings. The van der Waals surface area contributed by atoms with Gasteiger partial charge in [0.05, 0.1) is 0 Å². The van der Waals surface area contributed by atoms with Gasteiger partial charge in [0.25, 0.3) is 0 Å². The lowest BCUT2D eigenvalue weighted by molar-refractivity contribution is 0.564. The van der Waals surface area contributed by atoms with Gasteiger partial charge in [-0.3, -0.25) is 0 Å². The molecular formula is C6H12N2. The van der Waals surface area contributed by atoms with Crippen molar-refractivity contribution in [1.29, 1.82) is 0 Å². The molecule has 0 spiro atoms. The summed E-state index contributed by atoms with van der Waals surface area (Å²) in [7, 11) is 0. The van der Waals surface area contributed by atoms with Gasteiger partial charge in [-0.25, -0.2) is 0 Å². The van der Waals surface area contributed by atoms with Crippen molar-refractivity contribution in [2.24, 2.45) is 16.1 Å². The van der Waals surface area contributed by atoms with Crippen LogP contribution in [0.3, 0.4) is 0 Å². The molecule has 0 aliphatic heterocycles. The first-order valence-corrected chi connectivity index (χ1v) is 2.87. The highest BCUT2D eigenvalue weighted by atomic mass is 14.9. The summed E-state index contributed by atoms with van der Waals surface area (Å²) >= 11 is 0. The lowest BCUT2D eigenvalue weighted by atomic mass is 10.1. The average molecular weight is 112 g/mol. The van der Waals surface area contributed by atoms with Gasteiger partial charge in [0, 0.05) is 18.0 Å². The Hall–Kier alpha value is -0.370. The Morgan fingerprint density at radius 1 is 2.00 bits per heavy atom. The minimum absolute atomic E-state index is 0.307. The van der Waals surface area contributed by atoms with Gasteiger partial charge in [0.2, 0.25) is 0 Å². The van der Waals surface area contributed by atoms with Gasteiger partial charge in [-0.2, -0.15) is 0 Å². The molecule has 0 aromatic carbocycles. The van der Waals surface area contributed by atoms with Gasteiger partial charge in [0.1, 0.15) is 0 Å². The minimum atomic E-state index is 0.307. The third kappa shape index (κ3) is 0.757. The van der Waals surface area contributed by atoms with E-state index in [0.717, 1.165) is 13.0 Å². The summed E-state index contributed by atoms with van der Waals surface area (Å²) in [5.41, 5.74) is 5.91. The smallest absolute Gasteiger partial charge is 0.0451 e. The van der Waals surface area contributed by atoms with Crippen LogP contribution >= 0.6 is 0 Å². The number of hydrogen-bond acceptors (Lipinski definition) is 2. The highest BCUT2D eigenvalue weighted by Crippen LogP contribution is 2.43. The predicted octanol–water partition coefficient (Wildman–Crippen LogP) is 0.424. The standard InChI is InChI=1S/C6H12N2/c1-6(4-8-2)3-5(6)7/h5H,2-4,7H2,1H3. The quantitative estimate of drug-likeness (QED) is 0.517. The van der Waals surface area contributed by atoms with Crippen LogP contribution in [-0.4, -0.2) is 19.3 Å². The molecule has 0 saturated heterocycles. The third-order valence-electron chi connectivity index (χ3n) is 1.89. The highest BCUT2D eigenvalue weighted by Gasteiger charge is 2.46. The van der Waals surface area contributed by atoms with E-state index in [0.29, 0.717) is 11.5 Å². The first kappa shape index (κ1) is 5.76. The largest absolute Gasteiger partial charge is 0.327 e. The Labute approximate surface area is 49.8 Å². The van der Waals surface area contributed by atoms with Crippen molar-refractivity contribution < 1.29 is 0 Å². The molecule has 2 N–H and O–H groups in total. The van der Waals surface area contributed by atoms with E-state index in [9.17, 15) is 0 Å². The van der Waals surface area contributed by atoms with E-state index in [4.69, 9.17) is 5.73 Å². The SMILES string of the molecule is C=NCC1(C)CC1N. The number of hydrogen-bond donors (Lipinski definition) is 1. The Bertz CT molecular complexity index is 111. The van der Waals surface area contributed by atoms with Crippen molar-refractivity contribution in [2.45, 2.75) is 19.4 Å². The van der Waals surface area contributed by atoms with E-state index in [1.54, 1.807) is 0 Å². The van der Waals surface area contributed by atoms with Crippen LogP contribution in [0, 0.1) is 5.41 Å². The van der Waals surface area contributed by atoms with Crippen LogP contribution in [0.25, 0.3) is 0 Å². The lowest BCUT2D eigenvalue weighted by Gasteiger charge is -2.01. The Morgan fingerprint density at radius 2 is 2.50 bits per heavy atom. The second kappa shape index (κ2) is 1.55. The number of nitrogens with two attached hydrogens (primary N) is 1. The van der Waals surface area contributed by atoms with E-state index in [-0.39, 0.29) is 0 Å². The summed E-state index contributed by atoms with van der Waals surface area (Å²) in [5.74, 6) is 0. The fourth-order valence-corrected chi connectivity index (χ4v) is 0.881. The molecule has 2 heteroatoms. The molecule has 46 valence electrons. The van der Waals surface area contributed by atoms with Gasteiger partial charge >= 0.3 is 0 Å². The molecular weight excluding hydrogens is 100 g/mol. The maximum atomic E-state index is 5.60. The zero-order chi connectivity index (χ0) is 6.20. The second-order valence-corrected chi connectivity index (χ2v) is 2.85. The normalized spacial score (nSPS) is 44.0. The molecule has 2 nitrogen and oxygen atoms in total. The van der Waals surface area contributed by atoms with Crippen molar-refractivity contribution >= 4 is 6.72 Å². The zero-order valence-electron chi connectivity index (χ0n) is 5.22. The van der Waals surface area contributed by atoms with Crippen LogP contribution in [-0.2, 0) is 0 Å². The molecule has 0 aromatic heterocycles. The molecule has 0 radical (unpaired) electrons. The number of aliphatic imine (C=N–C) groups is 1. The molecule has 0 amide bonds. The molecule has 1 rings (SSSR count). The van der Waals surface area contributed by atoms with Crippen LogP contribution in [0.5, 0.6) is 0 Å². The Kier molecular flexibility index (Phi) is 1.12. The monoisotopic (exact) mass is 112 g/mol. The predicted molar refractivity (Wildman–Crippen MR) is 35.1 cm³/mol. The summed E-state index contributed by atoms with van der Waals surface area (Å²) in [4.78, 5) is 3.79. The molecule has 8 heavy (non-hydrogen) atoms. The van der Waals surface area contributed by atoms with Gasteiger partial charge in [-0.05, 0) is 13.1 Å². The van der Waals surface area contributed by atoms with Crippen LogP contribution in [0.2, 0.25) is 0 Å². The number of nitrogens with zero attached hydrogens (tertiary/aromatic N) is 1. The van der Waals surface area contributed by atoms with E-state index in [2.05, 4.69) is 18.6 Å². The summed E-state index contributed by atoms with van der Waals surface area (Å²) in [6.45, 7) is 6.39. The zero-order valence-corrected chi connectivity index (χ0v) is 5.22. The summed E-state index contributed by atoms with van der Waals surface area (Å²) in [6.07, 6.45) is 1.12. The Balaban J connectivity index is 2.35. The maximum absolute atomic E-state index is 5.60. The van der Waals surface area contributed by atoms with Crippen molar-refractivity contribution in [3.05, 3.63) is 0 Å². The molecule has 1 aliphatic carbocycles. The molecule has 1 fully saturated rings. The van der Waals surface area contributed by atoms with Crippen LogP contribution in [0.1, 0.15) is 13.3 Å². The topological polar surface area (TPSA) is 38.4 Å². The molecule has 2 unspecified atom stereocenters.